The normalized spacial score (nSPS) is 17.0. The summed E-state index contributed by atoms with van der Waals surface area (Å²) < 4.78 is 3.17. The van der Waals surface area contributed by atoms with Crippen LogP contribution < -0.4 is 5.56 Å². The minimum Gasteiger partial charge on any atom is -0.391 e. The van der Waals surface area contributed by atoms with Crippen molar-refractivity contribution in [1.82, 2.24) is 19.0 Å². The highest BCUT2D eigenvalue weighted by molar-refractivity contribution is 5.93. The standard InChI is InChI=1S/C16H20N4O3/c1-10-8-18(9-17-10)13-4-5-14-16(23)19(11(2)12(3)21)6-7-20(14)15(13)22/h4-5,8-9,11-12,21H,6-7H2,1-3H3/t11-,12-/m0/s1. The van der Waals surface area contributed by atoms with Crippen molar-refractivity contribution >= 4 is 5.91 Å². The minimum absolute atomic E-state index is 0.211. The van der Waals surface area contributed by atoms with Crippen molar-refractivity contribution in [1.29, 1.82) is 0 Å². The van der Waals surface area contributed by atoms with Crippen LogP contribution in [-0.4, -0.2) is 48.7 Å². The molecular weight excluding hydrogens is 296 g/mol. The van der Waals surface area contributed by atoms with Crippen LogP contribution in [-0.2, 0) is 6.54 Å². The number of fused-ring (bicyclic) bond motifs is 1. The van der Waals surface area contributed by atoms with Crippen molar-refractivity contribution in [3.8, 4) is 5.69 Å². The van der Waals surface area contributed by atoms with Crippen LogP contribution in [0.5, 0.6) is 0 Å². The number of pyridine rings is 1. The first-order valence-electron chi connectivity index (χ1n) is 7.64. The van der Waals surface area contributed by atoms with E-state index in [4.69, 9.17) is 0 Å². The molecule has 0 radical (unpaired) electrons. The molecule has 1 aliphatic rings. The van der Waals surface area contributed by atoms with Crippen LogP contribution in [0, 0.1) is 6.92 Å². The fourth-order valence-electron chi connectivity index (χ4n) is 2.83. The fraction of sp³-hybridized carbons (Fsp3) is 0.438. The molecule has 1 N–H and O–H groups in total. The molecule has 23 heavy (non-hydrogen) atoms. The molecule has 1 aliphatic heterocycles. The second-order valence-electron chi connectivity index (χ2n) is 5.96. The van der Waals surface area contributed by atoms with E-state index in [1.807, 2.05) is 6.92 Å². The number of aliphatic hydroxyl groups is 1. The van der Waals surface area contributed by atoms with Gasteiger partial charge in [0, 0.05) is 19.3 Å². The lowest BCUT2D eigenvalue weighted by atomic mass is 10.1. The summed E-state index contributed by atoms with van der Waals surface area (Å²) in [6.07, 6.45) is 2.74. The number of hydrogen-bond donors (Lipinski definition) is 1. The van der Waals surface area contributed by atoms with Gasteiger partial charge in [0.05, 0.1) is 24.2 Å². The number of carbonyl (C=O) groups excluding carboxylic acids is 1. The number of rotatable bonds is 3. The molecule has 7 heteroatoms. The summed E-state index contributed by atoms with van der Waals surface area (Å²) in [6.45, 7) is 6.14. The quantitative estimate of drug-likeness (QED) is 0.897. The number of amides is 1. The van der Waals surface area contributed by atoms with E-state index in [0.717, 1.165) is 5.69 Å². The van der Waals surface area contributed by atoms with Gasteiger partial charge in [0.15, 0.2) is 0 Å². The fourth-order valence-corrected chi connectivity index (χ4v) is 2.83. The number of aromatic nitrogens is 3. The molecule has 0 unspecified atom stereocenters. The van der Waals surface area contributed by atoms with Crippen molar-refractivity contribution in [3.63, 3.8) is 0 Å². The van der Waals surface area contributed by atoms with E-state index in [1.54, 1.807) is 48.0 Å². The summed E-state index contributed by atoms with van der Waals surface area (Å²) in [5, 5.41) is 9.72. The lowest BCUT2D eigenvalue weighted by Gasteiger charge is -2.35. The van der Waals surface area contributed by atoms with Gasteiger partial charge in [0.1, 0.15) is 11.4 Å². The van der Waals surface area contributed by atoms with E-state index in [2.05, 4.69) is 4.98 Å². The van der Waals surface area contributed by atoms with Gasteiger partial charge in [-0.1, -0.05) is 0 Å². The molecular formula is C16H20N4O3. The summed E-state index contributed by atoms with van der Waals surface area (Å²) in [5.74, 6) is -0.227. The molecule has 0 saturated carbocycles. The molecule has 1 amide bonds. The van der Waals surface area contributed by atoms with Crippen LogP contribution in [0.15, 0.2) is 29.5 Å². The molecule has 0 aliphatic carbocycles. The minimum atomic E-state index is -0.620. The molecule has 3 rings (SSSR count). The second-order valence-corrected chi connectivity index (χ2v) is 5.96. The first kappa shape index (κ1) is 15.5. The predicted molar refractivity (Wildman–Crippen MR) is 84.7 cm³/mol. The highest BCUT2D eigenvalue weighted by Crippen LogP contribution is 2.16. The molecule has 0 saturated heterocycles. The van der Waals surface area contributed by atoms with Crippen molar-refractivity contribution < 1.29 is 9.90 Å². The van der Waals surface area contributed by atoms with Crippen LogP contribution in [0.1, 0.15) is 30.0 Å². The van der Waals surface area contributed by atoms with Gasteiger partial charge in [-0.3, -0.25) is 9.59 Å². The van der Waals surface area contributed by atoms with Crippen LogP contribution in [0.4, 0.5) is 0 Å². The highest BCUT2D eigenvalue weighted by Gasteiger charge is 2.30. The summed E-state index contributed by atoms with van der Waals surface area (Å²) in [4.78, 5) is 31.0. The highest BCUT2D eigenvalue weighted by atomic mass is 16.3. The number of carbonyl (C=O) groups is 1. The molecule has 122 valence electrons. The van der Waals surface area contributed by atoms with Crippen molar-refractivity contribution in [3.05, 3.63) is 46.4 Å². The third-order valence-electron chi connectivity index (χ3n) is 4.38. The maximum absolute atomic E-state index is 12.7. The Labute approximate surface area is 133 Å². The van der Waals surface area contributed by atoms with Crippen molar-refractivity contribution in [2.24, 2.45) is 0 Å². The summed E-state index contributed by atoms with van der Waals surface area (Å²) >= 11 is 0. The Bertz CT molecular complexity index is 806. The van der Waals surface area contributed by atoms with Gasteiger partial charge in [-0.15, -0.1) is 0 Å². The Kier molecular flexibility index (Phi) is 3.81. The first-order chi connectivity index (χ1) is 10.9. The monoisotopic (exact) mass is 316 g/mol. The maximum Gasteiger partial charge on any atom is 0.275 e. The average molecular weight is 316 g/mol. The third-order valence-corrected chi connectivity index (χ3v) is 4.38. The smallest absolute Gasteiger partial charge is 0.275 e. The van der Waals surface area contributed by atoms with Gasteiger partial charge in [-0.25, -0.2) is 4.98 Å². The number of aryl methyl sites for hydroxylation is 1. The van der Waals surface area contributed by atoms with E-state index in [-0.39, 0.29) is 17.5 Å². The van der Waals surface area contributed by atoms with Crippen LogP contribution in [0.3, 0.4) is 0 Å². The van der Waals surface area contributed by atoms with Crippen molar-refractivity contribution in [2.75, 3.05) is 6.54 Å². The largest absolute Gasteiger partial charge is 0.391 e. The third kappa shape index (κ3) is 2.57. The molecule has 2 aromatic heterocycles. The van der Waals surface area contributed by atoms with Crippen LogP contribution in [0.25, 0.3) is 5.69 Å². The Hall–Kier alpha value is -2.41. The van der Waals surface area contributed by atoms with Crippen LogP contribution in [0.2, 0.25) is 0 Å². The lowest BCUT2D eigenvalue weighted by molar-refractivity contribution is 0.0390. The zero-order valence-electron chi connectivity index (χ0n) is 13.4. The zero-order valence-corrected chi connectivity index (χ0v) is 13.4. The molecule has 3 heterocycles. The predicted octanol–water partition coefficient (Wildman–Crippen LogP) is 0.568. The first-order valence-corrected chi connectivity index (χ1v) is 7.64. The summed E-state index contributed by atoms with van der Waals surface area (Å²) in [7, 11) is 0. The molecule has 0 fully saturated rings. The maximum atomic E-state index is 12.7. The molecule has 7 nitrogen and oxygen atoms in total. The number of aliphatic hydroxyl groups excluding tert-OH is 1. The molecule has 2 atom stereocenters. The summed E-state index contributed by atoms with van der Waals surface area (Å²) in [6, 6.07) is 3.02. The number of hydrogen-bond acceptors (Lipinski definition) is 4. The van der Waals surface area contributed by atoms with E-state index < -0.39 is 6.10 Å². The SMILES string of the molecule is Cc1cn(-c2ccc3n(c2=O)CCN([C@@H](C)[C@H](C)O)C3=O)cn1. The van der Waals surface area contributed by atoms with Gasteiger partial charge in [0.2, 0.25) is 0 Å². The second kappa shape index (κ2) is 5.66. The number of imidazole rings is 1. The van der Waals surface area contributed by atoms with Gasteiger partial charge in [0.25, 0.3) is 11.5 Å². The van der Waals surface area contributed by atoms with Crippen molar-refractivity contribution in [2.45, 2.75) is 39.5 Å². The van der Waals surface area contributed by atoms with Gasteiger partial charge in [-0.05, 0) is 32.9 Å². The van der Waals surface area contributed by atoms with Gasteiger partial charge in [-0.2, -0.15) is 0 Å². The van der Waals surface area contributed by atoms with E-state index in [1.165, 1.54) is 4.57 Å². The summed E-state index contributed by atoms with van der Waals surface area (Å²) in [5.41, 5.74) is 1.44. The Morgan fingerprint density at radius 3 is 2.57 bits per heavy atom. The zero-order chi connectivity index (χ0) is 16.7. The van der Waals surface area contributed by atoms with Gasteiger partial charge < -0.3 is 19.1 Å². The Morgan fingerprint density at radius 2 is 1.96 bits per heavy atom. The van der Waals surface area contributed by atoms with E-state index >= 15 is 0 Å². The Morgan fingerprint density at radius 1 is 1.22 bits per heavy atom. The van der Waals surface area contributed by atoms with E-state index in [9.17, 15) is 14.7 Å². The lowest BCUT2D eigenvalue weighted by Crippen LogP contribution is -2.51. The van der Waals surface area contributed by atoms with E-state index in [0.29, 0.717) is 24.5 Å². The molecule has 0 bridgehead atoms. The number of nitrogens with zero attached hydrogens (tertiary/aromatic N) is 4. The molecule has 0 aromatic carbocycles. The average Bonchev–Trinajstić information content (AvgIpc) is 2.94. The topological polar surface area (TPSA) is 80.4 Å². The molecule has 2 aromatic rings. The Balaban J connectivity index is 2.02. The van der Waals surface area contributed by atoms with Crippen LogP contribution >= 0.6 is 0 Å². The van der Waals surface area contributed by atoms with Gasteiger partial charge >= 0.3 is 0 Å². The molecule has 0 spiro atoms.